The fraction of sp³-hybridized carbons (Fsp3) is 0.438. The highest BCUT2D eigenvalue weighted by Crippen LogP contribution is 2.20. The maximum Gasteiger partial charge on any atom is 0.224 e. The van der Waals surface area contributed by atoms with Crippen molar-refractivity contribution < 1.29 is 17.6 Å². The van der Waals surface area contributed by atoms with Crippen molar-refractivity contribution in [1.29, 1.82) is 0 Å². The smallest absolute Gasteiger partial charge is 0.224 e. The zero-order valence-corrected chi connectivity index (χ0v) is 13.6. The van der Waals surface area contributed by atoms with Crippen LogP contribution < -0.4 is 0 Å². The molecule has 0 bridgehead atoms. The number of carbonyl (C=O) groups excluding carboxylic acids is 1. The lowest BCUT2D eigenvalue weighted by molar-refractivity contribution is -0.130. The van der Waals surface area contributed by atoms with Crippen LogP contribution in [0.1, 0.15) is 26.7 Å². The van der Waals surface area contributed by atoms with E-state index in [9.17, 15) is 17.6 Å². The minimum Gasteiger partial charge on any atom is -0.339 e. The fourth-order valence-corrected chi connectivity index (χ4v) is 3.68. The van der Waals surface area contributed by atoms with Gasteiger partial charge in [0.2, 0.25) is 5.91 Å². The Morgan fingerprint density at radius 3 is 2.50 bits per heavy atom. The predicted octanol–water partition coefficient (Wildman–Crippen LogP) is 2.56. The van der Waals surface area contributed by atoms with Crippen LogP contribution in [0.25, 0.3) is 0 Å². The number of benzene rings is 1. The van der Waals surface area contributed by atoms with Gasteiger partial charge in [0.05, 0.1) is 10.1 Å². The Morgan fingerprint density at radius 2 is 1.95 bits per heavy atom. The van der Waals surface area contributed by atoms with E-state index < -0.39 is 20.9 Å². The van der Waals surface area contributed by atoms with Gasteiger partial charge in [-0.05, 0) is 44.5 Å². The summed E-state index contributed by atoms with van der Waals surface area (Å²) in [5.41, 5.74) is 1.25. The molecule has 0 radical (unpaired) electrons. The number of nitrogens with zero attached hydrogens (tertiary/aromatic N) is 1. The van der Waals surface area contributed by atoms with Crippen LogP contribution in [0.2, 0.25) is 0 Å². The number of sulfone groups is 1. The van der Waals surface area contributed by atoms with Gasteiger partial charge in [0, 0.05) is 19.5 Å². The Labute approximate surface area is 130 Å². The van der Waals surface area contributed by atoms with Crippen LogP contribution in [0, 0.1) is 5.82 Å². The van der Waals surface area contributed by atoms with Crippen molar-refractivity contribution >= 4 is 15.7 Å². The number of hydrogen-bond acceptors (Lipinski definition) is 3. The van der Waals surface area contributed by atoms with Gasteiger partial charge in [0.15, 0.2) is 9.84 Å². The number of amides is 1. The van der Waals surface area contributed by atoms with Crippen LogP contribution in [-0.2, 0) is 14.6 Å². The molecule has 0 saturated heterocycles. The molecule has 1 aliphatic rings. The highest BCUT2D eigenvalue weighted by atomic mass is 32.2. The molecule has 0 spiro atoms. The topological polar surface area (TPSA) is 54.5 Å². The fourth-order valence-electron chi connectivity index (χ4n) is 2.34. The standard InChI is InChI=1S/C16H20FNO3S/c1-12-7-9-18(10-8-12)16(19)11-13(2)22(20,21)15-5-3-14(17)4-6-15/h3-7,13H,8-11H2,1-2H3. The molecule has 1 aromatic rings. The van der Waals surface area contributed by atoms with Crippen LogP contribution in [-0.4, -0.2) is 37.6 Å². The molecule has 1 atom stereocenters. The Balaban J connectivity index is 2.06. The summed E-state index contributed by atoms with van der Waals surface area (Å²) >= 11 is 0. The van der Waals surface area contributed by atoms with E-state index >= 15 is 0 Å². The van der Waals surface area contributed by atoms with E-state index in [-0.39, 0.29) is 17.2 Å². The lowest BCUT2D eigenvalue weighted by Crippen LogP contribution is -2.37. The summed E-state index contributed by atoms with van der Waals surface area (Å²) in [5, 5.41) is -0.836. The third kappa shape index (κ3) is 3.74. The number of carbonyl (C=O) groups is 1. The number of halogens is 1. The van der Waals surface area contributed by atoms with Crippen LogP contribution in [0.3, 0.4) is 0 Å². The first-order chi connectivity index (χ1) is 10.3. The Kier molecular flexibility index (Phi) is 5.01. The maximum absolute atomic E-state index is 12.9. The molecule has 1 heterocycles. The first-order valence-electron chi connectivity index (χ1n) is 7.23. The molecule has 2 rings (SSSR count). The molecule has 1 aliphatic heterocycles. The second kappa shape index (κ2) is 6.60. The minimum atomic E-state index is -3.63. The van der Waals surface area contributed by atoms with Gasteiger partial charge in [-0.3, -0.25) is 4.79 Å². The molecule has 0 N–H and O–H groups in total. The van der Waals surface area contributed by atoms with Gasteiger partial charge in [-0.2, -0.15) is 0 Å². The summed E-state index contributed by atoms with van der Waals surface area (Å²) in [4.78, 5) is 13.9. The van der Waals surface area contributed by atoms with Crippen molar-refractivity contribution in [3.8, 4) is 0 Å². The third-order valence-electron chi connectivity index (χ3n) is 3.92. The van der Waals surface area contributed by atoms with Gasteiger partial charge in [0.1, 0.15) is 5.82 Å². The van der Waals surface area contributed by atoms with E-state index in [0.717, 1.165) is 18.6 Å². The Morgan fingerprint density at radius 1 is 1.32 bits per heavy atom. The third-order valence-corrected chi connectivity index (χ3v) is 6.08. The minimum absolute atomic E-state index is 0.0450. The summed E-state index contributed by atoms with van der Waals surface area (Å²) in [6.07, 6.45) is 2.75. The Hall–Kier alpha value is -1.69. The maximum atomic E-state index is 12.9. The van der Waals surface area contributed by atoms with Crippen molar-refractivity contribution in [2.75, 3.05) is 13.1 Å². The highest BCUT2D eigenvalue weighted by molar-refractivity contribution is 7.92. The zero-order chi connectivity index (χ0) is 16.3. The van der Waals surface area contributed by atoms with Gasteiger partial charge < -0.3 is 4.90 Å². The largest absolute Gasteiger partial charge is 0.339 e. The average molecular weight is 325 g/mol. The molecule has 4 nitrogen and oxygen atoms in total. The number of hydrogen-bond donors (Lipinski definition) is 0. The lowest BCUT2D eigenvalue weighted by Gasteiger charge is -2.26. The van der Waals surface area contributed by atoms with Crippen LogP contribution in [0.4, 0.5) is 4.39 Å². The zero-order valence-electron chi connectivity index (χ0n) is 12.8. The molecule has 0 fully saturated rings. The first kappa shape index (κ1) is 16.7. The van der Waals surface area contributed by atoms with Gasteiger partial charge in [-0.1, -0.05) is 11.6 Å². The summed E-state index contributed by atoms with van der Waals surface area (Å²) in [6, 6.07) is 4.69. The predicted molar refractivity (Wildman–Crippen MR) is 82.6 cm³/mol. The Bertz CT molecular complexity index is 680. The lowest BCUT2D eigenvalue weighted by atomic mass is 10.1. The summed E-state index contributed by atoms with van der Waals surface area (Å²) in [6.45, 7) is 4.70. The molecule has 1 unspecified atom stereocenters. The molecule has 0 saturated carbocycles. The van der Waals surface area contributed by atoms with E-state index in [4.69, 9.17) is 0 Å². The SMILES string of the molecule is CC1=CCN(C(=O)CC(C)S(=O)(=O)c2ccc(F)cc2)CC1. The molecule has 0 aromatic heterocycles. The normalized spacial score (nSPS) is 17.0. The molecule has 1 aromatic carbocycles. The molecular weight excluding hydrogens is 305 g/mol. The van der Waals surface area contributed by atoms with Gasteiger partial charge >= 0.3 is 0 Å². The highest BCUT2D eigenvalue weighted by Gasteiger charge is 2.28. The van der Waals surface area contributed by atoms with Crippen LogP contribution in [0.5, 0.6) is 0 Å². The van der Waals surface area contributed by atoms with E-state index in [0.29, 0.717) is 13.1 Å². The van der Waals surface area contributed by atoms with Crippen LogP contribution >= 0.6 is 0 Å². The average Bonchev–Trinajstić information content (AvgIpc) is 2.48. The van der Waals surface area contributed by atoms with Gasteiger partial charge in [-0.25, -0.2) is 12.8 Å². The molecule has 0 aliphatic carbocycles. The summed E-state index contributed by atoms with van der Waals surface area (Å²) < 4.78 is 37.7. The van der Waals surface area contributed by atoms with Crippen molar-refractivity contribution in [2.45, 2.75) is 36.8 Å². The first-order valence-corrected chi connectivity index (χ1v) is 8.78. The summed E-state index contributed by atoms with van der Waals surface area (Å²) in [7, 11) is -3.63. The van der Waals surface area contributed by atoms with Gasteiger partial charge in [-0.15, -0.1) is 0 Å². The van der Waals surface area contributed by atoms with Crippen LogP contribution in [0.15, 0.2) is 40.8 Å². The molecule has 6 heteroatoms. The molecule has 1 amide bonds. The molecule has 120 valence electrons. The number of rotatable bonds is 4. The quantitative estimate of drug-likeness (QED) is 0.631. The molecular formula is C16H20FNO3S. The summed E-state index contributed by atoms with van der Waals surface area (Å²) in [5.74, 6) is -0.653. The van der Waals surface area contributed by atoms with Crippen molar-refractivity contribution in [2.24, 2.45) is 0 Å². The van der Waals surface area contributed by atoms with E-state index in [2.05, 4.69) is 0 Å². The van der Waals surface area contributed by atoms with Gasteiger partial charge in [0.25, 0.3) is 0 Å². The van der Waals surface area contributed by atoms with E-state index in [1.807, 2.05) is 13.0 Å². The van der Waals surface area contributed by atoms with Crippen molar-refractivity contribution in [1.82, 2.24) is 4.90 Å². The van der Waals surface area contributed by atoms with E-state index in [1.165, 1.54) is 24.6 Å². The second-order valence-corrected chi connectivity index (χ2v) is 8.02. The van der Waals surface area contributed by atoms with E-state index in [1.54, 1.807) is 4.90 Å². The second-order valence-electron chi connectivity index (χ2n) is 5.65. The van der Waals surface area contributed by atoms with Crippen molar-refractivity contribution in [3.05, 3.63) is 41.7 Å². The molecule has 22 heavy (non-hydrogen) atoms. The monoisotopic (exact) mass is 325 g/mol. The van der Waals surface area contributed by atoms with Crippen molar-refractivity contribution in [3.63, 3.8) is 0 Å².